The van der Waals surface area contributed by atoms with Gasteiger partial charge < -0.3 is 4.57 Å². The van der Waals surface area contributed by atoms with Crippen molar-refractivity contribution in [1.82, 2.24) is 4.57 Å². The minimum Gasteiger partial charge on any atom is -0.308 e. The Hall–Kier alpha value is -4.66. The highest BCUT2D eigenvalue weighted by Gasteiger charge is 2.18. The third-order valence-electron chi connectivity index (χ3n) is 7.61. The summed E-state index contributed by atoms with van der Waals surface area (Å²) in [6.45, 7) is 0. The van der Waals surface area contributed by atoms with Crippen molar-refractivity contribution in [2.24, 2.45) is 0 Å². The summed E-state index contributed by atoms with van der Waals surface area (Å²) < 4.78 is 5.14. The molecule has 8 rings (SSSR count). The van der Waals surface area contributed by atoms with Crippen molar-refractivity contribution in [3.63, 3.8) is 0 Å². The maximum absolute atomic E-state index is 2.46. The normalized spacial score (nSPS) is 11.7. The predicted molar refractivity (Wildman–Crippen MR) is 165 cm³/mol. The summed E-state index contributed by atoms with van der Waals surface area (Å²) in [6, 6.07) is 50.6. The number of hydrogen-bond acceptors (Lipinski definition) is 1. The second-order valence-corrected chi connectivity index (χ2v) is 10.8. The molecule has 0 bridgehead atoms. The van der Waals surface area contributed by atoms with Crippen molar-refractivity contribution < 1.29 is 0 Å². The summed E-state index contributed by atoms with van der Waals surface area (Å²) in [5.41, 5.74) is 8.66. The van der Waals surface area contributed by atoms with Gasteiger partial charge in [-0.05, 0) is 52.6 Å². The van der Waals surface area contributed by atoms with Gasteiger partial charge in [0.05, 0.1) is 15.7 Å². The Morgan fingerprint density at radius 3 is 1.79 bits per heavy atom. The summed E-state index contributed by atoms with van der Waals surface area (Å²) in [4.78, 5) is 0. The van der Waals surface area contributed by atoms with E-state index in [1.165, 1.54) is 69.9 Å². The van der Waals surface area contributed by atoms with E-state index in [9.17, 15) is 0 Å². The number of aromatic nitrogens is 1. The lowest BCUT2D eigenvalue weighted by atomic mass is 10.0. The van der Waals surface area contributed by atoms with E-state index in [4.69, 9.17) is 0 Å². The van der Waals surface area contributed by atoms with Crippen LogP contribution >= 0.6 is 11.3 Å². The minimum atomic E-state index is 1.18. The maximum Gasteiger partial charge on any atom is 0.0719 e. The van der Waals surface area contributed by atoms with E-state index in [1.54, 1.807) is 0 Å². The number of rotatable bonds is 3. The number of hydrogen-bond donors (Lipinski definition) is 0. The first-order chi connectivity index (χ1) is 18.8. The first-order valence-electron chi connectivity index (χ1n) is 12.9. The topological polar surface area (TPSA) is 4.93 Å². The molecule has 2 aromatic heterocycles. The molecule has 0 N–H and O–H groups in total. The zero-order valence-electron chi connectivity index (χ0n) is 20.6. The standard InChI is InChI=1S/C36H23NS/c1-3-9-24(10-4-1)26-15-18-28(19-16-26)37-33-22-17-27(25-11-5-2-6-12-25)23-32(33)30-20-21-31-29-13-7-8-14-34(29)38-36(31)35(30)37/h1-23H. The summed E-state index contributed by atoms with van der Waals surface area (Å²) in [5, 5.41) is 5.23. The molecule has 1 nitrogen and oxygen atoms in total. The second kappa shape index (κ2) is 8.44. The SMILES string of the molecule is c1ccc(-c2ccc(-n3c4ccc(-c5ccccc5)cc4c4ccc5c6ccccc6sc5c43)cc2)cc1. The van der Waals surface area contributed by atoms with E-state index in [-0.39, 0.29) is 0 Å². The molecule has 6 aromatic carbocycles. The smallest absolute Gasteiger partial charge is 0.0719 e. The van der Waals surface area contributed by atoms with Crippen molar-refractivity contribution >= 4 is 53.3 Å². The molecule has 0 fully saturated rings. The van der Waals surface area contributed by atoms with Gasteiger partial charge in [0.2, 0.25) is 0 Å². The summed E-state index contributed by atoms with van der Waals surface area (Å²) in [6.07, 6.45) is 0. The first kappa shape index (κ1) is 21.4. The Bertz CT molecular complexity index is 2100. The molecule has 2 heterocycles. The number of nitrogens with zero attached hydrogens (tertiary/aromatic N) is 1. The summed E-state index contributed by atoms with van der Waals surface area (Å²) in [5.74, 6) is 0. The van der Waals surface area contributed by atoms with Crippen molar-refractivity contribution in [3.05, 3.63) is 140 Å². The van der Waals surface area contributed by atoms with Gasteiger partial charge in [0.15, 0.2) is 0 Å². The zero-order valence-corrected chi connectivity index (χ0v) is 21.5. The average molecular weight is 502 g/mol. The van der Waals surface area contributed by atoms with E-state index in [0.29, 0.717) is 0 Å². The van der Waals surface area contributed by atoms with Gasteiger partial charge in [-0.25, -0.2) is 0 Å². The van der Waals surface area contributed by atoms with E-state index < -0.39 is 0 Å². The molecule has 0 radical (unpaired) electrons. The van der Waals surface area contributed by atoms with Crippen molar-refractivity contribution in [2.45, 2.75) is 0 Å². The molecular weight excluding hydrogens is 478 g/mol. The molecule has 0 aliphatic heterocycles. The van der Waals surface area contributed by atoms with Crippen LogP contribution in [0, 0.1) is 0 Å². The van der Waals surface area contributed by atoms with Crippen molar-refractivity contribution in [3.8, 4) is 27.9 Å². The van der Waals surface area contributed by atoms with Crippen LogP contribution in [0.3, 0.4) is 0 Å². The Balaban J connectivity index is 1.44. The maximum atomic E-state index is 2.46. The highest BCUT2D eigenvalue weighted by Crippen LogP contribution is 2.43. The van der Waals surface area contributed by atoms with Gasteiger partial charge in [0.25, 0.3) is 0 Å². The molecule has 0 unspecified atom stereocenters. The Labute approximate surface area is 224 Å². The molecule has 0 spiro atoms. The fraction of sp³-hybridized carbons (Fsp3) is 0. The van der Waals surface area contributed by atoms with Crippen molar-refractivity contribution in [1.29, 1.82) is 0 Å². The van der Waals surface area contributed by atoms with E-state index in [2.05, 4.69) is 144 Å². The van der Waals surface area contributed by atoms with Gasteiger partial charge in [0, 0.05) is 31.9 Å². The van der Waals surface area contributed by atoms with Crippen LogP contribution in [0.4, 0.5) is 0 Å². The molecule has 2 heteroatoms. The lowest BCUT2D eigenvalue weighted by Gasteiger charge is -2.10. The van der Waals surface area contributed by atoms with Gasteiger partial charge in [0.1, 0.15) is 0 Å². The van der Waals surface area contributed by atoms with Gasteiger partial charge in [-0.2, -0.15) is 0 Å². The molecule has 8 aromatic rings. The van der Waals surface area contributed by atoms with Gasteiger partial charge in [-0.1, -0.05) is 109 Å². The van der Waals surface area contributed by atoms with Crippen molar-refractivity contribution in [2.75, 3.05) is 0 Å². The molecule has 178 valence electrons. The highest BCUT2D eigenvalue weighted by molar-refractivity contribution is 7.26. The van der Waals surface area contributed by atoms with Crippen LogP contribution in [0.1, 0.15) is 0 Å². The lowest BCUT2D eigenvalue weighted by molar-refractivity contribution is 1.19. The summed E-state index contributed by atoms with van der Waals surface area (Å²) in [7, 11) is 0. The van der Waals surface area contributed by atoms with Crippen LogP contribution < -0.4 is 0 Å². The quantitative estimate of drug-likeness (QED) is 0.227. The van der Waals surface area contributed by atoms with Crippen LogP contribution in [0.25, 0.3) is 69.9 Å². The minimum absolute atomic E-state index is 1.18. The molecule has 0 aliphatic rings. The molecule has 0 aliphatic carbocycles. The Morgan fingerprint density at radius 2 is 1.03 bits per heavy atom. The van der Waals surface area contributed by atoms with Crippen LogP contribution in [0.5, 0.6) is 0 Å². The van der Waals surface area contributed by atoms with Crippen LogP contribution in [-0.4, -0.2) is 4.57 Å². The molecular formula is C36H23NS. The van der Waals surface area contributed by atoms with Gasteiger partial charge in [-0.15, -0.1) is 11.3 Å². The van der Waals surface area contributed by atoms with Crippen LogP contribution in [0.15, 0.2) is 140 Å². The van der Waals surface area contributed by atoms with E-state index >= 15 is 0 Å². The fourth-order valence-electron chi connectivity index (χ4n) is 5.79. The number of benzene rings is 6. The molecule has 0 amide bonds. The largest absolute Gasteiger partial charge is 0.308 e. The average Bonchev–Trinajstić information content (AvgIpc) is 3.54. The molecule has 0 saturated heterocycles. The Kier molecular flexibility index (Phi) is 4.76. The molecule has 38 heavy (non-hydrogen) atoms. The second-order valence-electron chi connectivity index (χ2n) is 9.78. The van der Waals surface area contributed by atoms with E-state index in [0.717, 1.165) is 0 Å². The van der Waals surface area contributed by atoms with Crippen LogP contribution in [-0.2, 0) is 0 Å². The van der Waals surface area contributed by atoms with E-state index in [1.807, 2.05) is 11.3 Å². The monoisotopic (exact) mass is 501 g/mol. The molecule has 0 saturated carbocycles. The molecule has 0 atom stereocenters. The van der Waals surface area contributed by atoms with Crippen LogP contribution in [0.2, 0.25) is 0 Å². The first-order valence-corrected chi connectivity index (χ1v) is 13.8. The highest BCUT2D eigenvalue weighted by atomic mass is 32.1. The number of fused-ring (bicyclic) bond motifs is 7. The zero-order chi connectivity index (χ0) is 25.1. The summed E-state index contributed by atoms with van der Waals surface area (Å²) >= 11 is 1.89. The predicted octanol–water partition coefficient (Wildman–Crippen LogP) is 10.5. The fourth-order valence-corrected chi connectivity index (χ4v) is 7.03. The Morgan fingerprint density at radius 1 is 0.421 bits per heavy atom. The lowest BCUT2D eigenvalue weighted by Crippen LogP contribution is -1.94. The van der Waals surface area contributed by atoms with Gasteiger partial charge in [-0.3, -0.25) is 0 Å². The van der Waals surface area contributed by atoms with Gasteiger partial charge >= 0.3 is 0 Å². The third kappa shape index (κ3) is 3.24. The third-order valence-corrected chi connectivity index (χ3v) is 8.81. The number of thiophene rings is 1.